The summed E-state index contributed by atoms with van der Waals surface area (Å²) < 4.78 is 33.8. The number of fused-ring (bicyclic) bond motifs is 1. The molecule has 2 aliphatic carbocycles. The Hall–Kier alpha value is -4.59. The monoisotopic (exact) mass is 530 g/mol. The van der Waals surface area contributed by atoms with Crippen molar-refractivity contribution in [2.24, 2.45) is 0 Å². The number of nitrogens with zero attached hydrogens (tertiary/aromatic N) is 4. The number of aromatic nitrogens is 4. The summed E-state index contributed by atoms with van der Waals surface area (Å²) in [6.07, 6.45) is 6.69. The first-order valence-electron chi connectivity index (χ1n) is 12.6. The molecule has 198 valence electrons. The first-order valence-corrected chi connectivity index (χ1v) is 12.6. The summed E-state index contributed by atoms with van der Waals surface area (Å²) in [6, 6.07) is 14.6. The highest BCUT2D eigenvalue weighted by Gasteiger charge is 2.52. The molecule has 0 saturated heterocycles. The molecule has 6 rings (SSSR count). The van der Waals surface area contributed by atoms with Crippen molar-refractivity contribution >= 4 is 22.8 Å². The number of hydrogen-bond donors (Lipinski definition) is 2. The molecule has 2 fully saturated rings. The molecule has 2 aliphatic rings. The van der Waals surface area contributed by atoms with Gasteiger partial charge in [-0.05, 0) is 66.3 Å². The van der Waals surface area contributed by atoms with E-state index in [0.29, 0.717) is 23.8 Å². The largest absolute Gasteiger partial charge is 0.451 e. The molecular weight excluding hydrogens is 506 g/mol. The van der Waals surface area contributed by atoms with Crippen LogP contribution < -0.4 is 10.6 Å². The smallest absolute Gasteiger partial charge is 0.287 e. The molecule has 0 aliphatic heterocycles. The molecule has 0 spiro atoms. The van der Waals surface area contributed by atoms with Crippen molar-refractivity contribution in [3.63, 3.8) is 0 Å². The summed E-state index contributed by atoms with van der Waals surface area (Å²) >= 11 is 0. The lowest BCUT2D eigenvalue weighted by molar-refractivity contribution is -0.133. The second-order valence-electron chi connectivity index (χ2n) is 10.2. The number of terminal acetylenes is 1. The van der Waals surface area contributed by atoms with Gasteiger partial charge in [-0.25, -0.2) is 8.78 Å². The number of furan rings is 1. The van der Waals surface area contributed by atoms with Crippen LogP contribution in [-0.4, -0.2) is 49.0 Å². The number of halogens is 2. The van der Waals surface area contributed by atoms with Crippen molar-refractivity contribution in [1.82, 2.24) is 30.8 Å². The zero-order valence-electron chi connectivity index (χ0n) is 20.8. The van der Waals surface area contributed by atoms with Crippen LogP contribution in [0.15, 0.2) is 59.3 Å². The maximum atomic E-state index is 14.0. The van der Waals surface area contributed by atoms with Gasteiger partial charge in [-0.3, -0.25) is 9.59 Å². The van der Waals surface area contributed by atoms with Crippen molar-refractivity contribution in [2.75, 3.05) is 0 Å². The molecular formula is C28H24F2N6O3. The number of carbonyl (C=O) groups is 2. The van der Waals surface area contributed by atoms with Crippen LogP contribution in [0.3, 0.4) is 0 Å². The molecule has 0 atom stereocenters. The van der Waals surface area contributed by atoms with E-state index in [0.717, 1.165) is 16.8 Å². The van der Waals surface area contributed by atoms with Gasteiger partial charge in [0, 0.05) is 18.2 Å². The van der Waals surface area contributed by atoms with Gasteiger partial charge in [0.25, 0.3) is 5.91 Å². The molecule has 2 heterocycles. The van der Waals surface area contributed by atoms with Gasteiger partial charge in [0.15, 0.2) is 12.1 Å². The van der Waals surface area contributed by atoms with Crippen LogP contribution in [-0.2, 0) is 4.79 Å². The Kier molecular flexibility index (Phi) is 5.71. The first kappa shape index (κ1) is 24.7. The Labute approximate surface area is 221 Å². The number of rotatable bonds is 6. The molecule has 0 unspecified atom stereocenters. The van der Waals surface area contributed by atoms with E-state index in [2.05, 4.69) is 32.0 Å². The minimum atomic E-state index is -2.89. The van der Waals surface area contributed by atoms with Crippen LogP contribution in [0, 0.1) is 12.3 Å². The average Bonchev–Trinajstić information content (AvgIpc) is 3.30. The second-order valence-corrected chi connectivity index (χ2v) is 10.2. The van der Waals surface area contributed by atoms with Crippen molar-refractivity contribution in [1.29, 1.82) is 0 Å². The average molecular weight is 531 g/mol. The lowest BCUT2D eigenvalue weighted by Gasteiger charge is -2.39. The summed E-state index contributed by atoms with van der Waals surface area (Å²) in [7, 11) is 0. The van der Waals surface area contributed by atoms with Gasteiger partial charge in [0.05, 0.1) is 5.69 Å². The summed E-state index contributed by atoms with van der Waals surface area (Å²) in [5, 5.41) is 17.8. The number of amides is 2. The van der Waals surface area contributed by atoms with E-state index in [1.54, 1.807) is 6.07 Å². The van der Waals surface area contributed by atoms with E-state index < -0.39 is 41.7 Å². The number of tetrazole rings is 1. The van der Waals surface area contributed by atoms with Crippen LogP contribution in [0.25, 0.3) is 27.8 Å². The molecule has 11 heteroatoms. The normalized spacial score (nSPS) is 18.7. The third-order valence-corrected chi connectivity index (χ3v) is 7.53. The van der Waals surface area contributed by atoms with Gasteiger partial charge in [-0.15, -0.1) is 21.4 Å². The standard InChI is InChI=1S/C28H24F2N6O3/c1-2-26(9-10-26)34-25(38)27(11-13-28(29,30)14-12-27)33-24(37)23-16-20-4-3-19(15-22(20)39-23)18-5-7-21(8-6-18)36-32-17-31-35-36/h1,3-8,15-17H,9-14H2,(H,33,37)(H,34,38). The third-order valence-electron chi connectivity index (χ3n) is 7.53. The van der Waals surface area contributed by atoms with Gasteiger partial charge < -0.3 is 15.1 Å². The van der Waals surface area contributed by atoms with Crippen LogP contribution in [0.2, 0.25) is 0 Å². The Morgan fingerprint density at radius 3 is 2.31 bits per heavy atom. The maximum Gasteiger partial charge on any atom is 0.287 e. The molecule has 2 saturated carbocycles. The number of alkyl halides is 2. The van der Waals surface area contributed by atoms with Gasteiger partial charge >= 0.3 is 0 Å². The van der Waals surface area contributed by atoms with Crippen LogP contribution >= 0.6 is 0 Å². The van der Waals surface area contributed by atoms with E-state index >= 15 is 0 Å². The van der Waals surface area contributed by atoms with E-state index in [9.17, 15) is 18.4 Å². The van der Waals surface area contributed by atoms with Crippen molar-refractivity contribution < 1.29 is 22.8 Å². The molecule has 9 nitrogen and oxygen atoms in total. The number of nitrogens with one attached hydrogen (secondary N) is 2. The molecule has 2 aromatic heterocycles. The fourth-order valence-corrected chi connectivity index (χ4v) is 4.89. The molecule has 4 aromatic rings. The molecule has 0 radical (unpaired) electrons. The Morgan fingerprint density at radius 2 is 1.67 bits per heavy atom. The van der Waals surface area contributed by atoms with Crippen molar-refractivity contribution in [3.05, 3.63) is 60.6 Å². The summed E-state index contributed by atoms with van der Waals surface area (Å²) in [5.74, 6) is -1.53. The molecule has 39 heavy (non-hydrogen) atoms. The van der Waals surface area contributed by atoms with E-state index in [1.165, 1.54) is 11.1 Å². The van der Waals surface area contributed by atoms with Crippen molar-refractivity contribution in [3.8, 4) is 29.2 Å². The SMILES string of the molecule is C#CC1(NC(=O)C2(NC(=O)c3cc4ccc(-c5ccc(-n6ncnn6)cc5)cc4o3)CCC(F)(F)CC2)CC1. The van der Waals surface area contributed by atoms with Crippen LogP contribution in [0.5, 0.6) is 0 Å². The number of hydrogen-bond acceptors (Lipinski definition) is 6. The topological polar surface area (TPSA) is 115 Å². The fraction of sp³-hybridized carbons (Fsp3) is 0.321. The minimum Gasteiger partial charge on any atom is -0.451 e. The molecule has 0 bridgehead atoms. The Balaban J connectivity index is 1.23. The van der Waals surface area contributed by atoms with Gasteiger partial charge in [-0.2, -0.15) is 0 Å². The lowest BCUT2D eigenvalue weighted by atomic mass is 9.78. The molecule has 2 amide bonds. The second kappa shape index (κ2) is 9.01. The number of carbonyl (C=O) groups excluding carboxylic acids is 2. The third kappa shape index (κ3) is 4.74. The first-order chi connectivity index (χ1) is 18.7. The predicted molar refractivity (Wildman–Crippen MR) is 137 cm³/mol. The predicted octanol–water partition coefficient (Wildman–Crippen LogP) is 4.04. The Bertz CT molecular complexity index is 1590. The van der Waals surface area contributed by atoms with Crippen LogP contribution in [0.1, 0.15) is 49.1 Å². The minimum absolute atomic E-state index is 0.0163. The Morgan fingerprint density at radius 1 is 0.949 bits per heavy atom. The zero-order chi connectivity index (χ0) is 27.3. The van der Waals surface area contributed by atoms with Gasteiger partial charge in [0.2, 0.25) is 11.8 Å². The number of benzene rings is 2. The van der Waals surface area contributed by atoms with E-state index in [1.807, 2.05) is 42.5 Å². The quantitative estimate of drug-likeness (QED) is 0.364. The summed E-state index contributed by atoms with van der Waals surface area (Å²) in [4.78, 5) is 28.0. The van der Waals surface area contributed by atoms with E-state index in [4.69, 9.17) is 10.8 Å². The van der Waals surface area contributed by atoms with Crippen molar-refractivity contribution in [2.45, 2.75) is 55.5 Å². The molecule has 2 N–H and O–H groups in total. The van der Waals surface area contributed by atoms with Gasteiger partial charge in [-0.1, -0.05) is 30.2 Å². The highest BCUT2D eigenvalue weighted by atomic mass is 19.3. The zero-order valence-corrected chi connectivity index (χ0v) is 20.8. The molecule has 2 aromatic carbocycles. The fourth-order valence-electron chi connectivity index (χ4n) is 4.89. The summed E-state index contributed by atoms with van der Waals surface area (Å²) in [5.41, 5.74) is 0.714. The highest BCUT2D eigenvalue weighted by Crippen LogP contribution is 2.41. The van der Waals surface area contributed by atoms with E-state index in [-0.39, 0.29) is 18.6 Å². The maximum absolute atomic E-state index is 14.0. The van der Waals surface area contributed by atoms with Gasteiger partial charge in [0.1, 0.15) is 16.7 Å². The highest BCUT2D eigenvalue weighted by molar-refractivity contribution is 6.00. The van der Waals surface area contributed by atoms with Crippen LogP contribution in [0.4, 0.5) is 8.78 Å². The summed E-state index contributed by atoms with van der Waals surface area (Å²) in [6.45, 7) is 0. The lowest BCUT2D eigenvalue weighted by Crippen LogP contribution is -2.62.